The van der Waals surface area contributed by atoms with Crippen LogP contribution in [0.2, 0.25) is 0 Å². The summed E-state index contributed by atoms with van der Waals surface area (Å²) in [4.78, 5) is 10.6. The highest BCUT2D eigenvalue weighted by Crippen LogP contribution is 2.45. The smallest absolute Gasteiger partial charge is 0.185 e. The highest BCUT2D eigenvalue weighted by molar-refractivity contribution is 5.70. The molecule has 0 amide bonds. The van der Waals surface area contributed by atoms with Gasteiger partial charge in [-0.1, -0.05) is 18.2 Å². The maximum Gasteiger partial charge on any atom is 0.185 e. The number of aliphatic hydroxyl groups excluding tert-OH is 1. The minimum Gasteiger partial charge on any atom is -0.481 e. The van der Waals surface area contributed by atoms with Gasteiger partial charge >= 0.3 is 0 Å². The first-order valence-electron chi connectivity index (χ1n) is 5.75. The van der Waals surface area contributed by atoms with Crippen molar-refractivity contribution in [3.05, 3.63) is 53.5 Å². The second-order valence-corrected chi connectivity index (χ2v) is 4.22. The van der Waals surface area contributed by atoms with E-state index >= 15 is 0 Å². The molecule has 0 radical (unpaired) electrons. The van der Waals surface area contributed by atoms with Gasteiger partial charge in [0.05, 0.1) is 12.5 Å². The molecule has 0 bridgehead atoms. The number of hydrogen-bond donors (Lipinski definition) is 1. The van der Waals surface area contributed by atoms with Crippen LogP contribution in [0.1, 0.15) is 33.9 Å². The van der Waals surface area contributed by atoms with Crippen LogP contribution in [0.15, 0.2) is 40.8 Å². The number of fused-ring (bicyclic) bond motifs is 1. The Hall–Kier alpha value is -2.07. The lowest BCUT2D eigenvalue weighted by Gasteiger charge is -2.14. The molecule has 1 aliphatic heterocycles. The summed E-state index contributed by atoms with van der Waals surface area (Å²) in [6.07, 6.45) is 0.278. The Kier molecular flexibility index (Phi) is 2.64. The average molecular weight is 244 g/mol. The van der Waals surface area contributed by atoms with E-state index < -0.39 is 0 Å². The van der Waals surface area contributed by atoms with Crippen molar-refractivity contribution in [1.29, 1.82) is 0 Å². The van der Waals surface area contributed by atoms with Gasteiger partial charge in [0.25, 0.3) is 0 Å². The third-order valence-electron chi connectivity index (χ3n) is 3.18. The van der Waals surface area contributed by atoms with Crippen LogP contribution in [0.3, 0.4) is 0 Å². The summed E-state index contributed by atoms with van der Waals surface area (Å²) < 4.78 is 11.2. The number of carbonyl (C=O) groups is 1. The van der Waals surface area contributed by atoms with Gasteiger partial charge in [0.1, 0.15) is 11.5 Å². The van der Waals surface area contributed by atoms with Crippen LogP contribution in [-0.2, 0) is 0 Å². The molecule has 18 heavy (non-hydrogen) atoms. The molecule has 2 heterocycles. The summed E-state index contributed by atoms with van der Waals surface area (Å²) in [6.45, 7) is -0.0290. The van der Waals surface area contributed by atoms with Crippen LogP contribution < -0.4 is 4.74 Å². The second-order valence-electron chi connectivity index (χ2n) is 4.22. The van der Waals surface area contributed by atoms with Gasteiger partial charge in [-0.25, -0.2) is 0 Å². The molecular weight excluding hydrogens is 232 g/mol. The summed E-state index contributed by atoms with van der Waals surface area (Å²) in [6, 6.07) is 10.9. The molecule has 0 saturated carbocycles. The van der Waals surface area contributed by atoms with Gasteiger partial charge in [0.15, 0.2) is 18.2 Å². The SMILES string of the molecule is O=Cc1ccc(C2Oc3ccccc3C2CO)o1. The number of hydrogen-bond acceptors (Lipinski definition) is 4. The molecular formula is C14H12O4. The summed E-state index contributed by atoms with van der Waals surface area (Å²) in [5.41, 5.74) is 0.967. The maximum absolute atomic E-state index is 10.6. The molecule has 1 aromatic carbocycles. The Balaban J connectivity index is 1.97. The number of carbonyl (C=O) groups excluding carboxylic acids is 1. The fraction of sp³-hybridized carbons (Fsp3) is 0.214. The third kappa shape index (κ3) is 1.62. The van der Waals surface area contributed by atoms with E-state index in [1.165, 1.54) is 0 Å². The van der Waals surface area contributed by atoms with Crippen molar-refractivity contribution in [2.75, 3.05) is 6.61 Å². The zero-order valence-electron chi connectivity index (χ0n) is 9.58. The largest absolute Gasteiger partial charge is 0.481 e. The number of rotatable bonds is 3. The number of ether oxygens (including phenoxy) is 1. The van der Waals surface area contributed by atoms with Gasteiger partial charge in [-0.05, 0) is 18.2 Å². The number of aldehydes is 1. The van der Waals surface area contributed by atoms with E-state index in [1.54, 1.807) is 12.1 Å². The lowest BCUT2D eigenvalue weighted by atomic mass is 9.95. The van der Waals surface area contributed by atoms with E-state index in [9.17, 15) is 9.90 Å². The average Bonchev–Trinajstić information content (AvgIpc) is 3.02. The van der Waals surface area contributed by atoms with E-state index in [-0.39, 0.29) is 24.4 Å². The second kappa shape index (κ2) is 4.31. The molecule has 0 aliphatic carbocycles. The van der Waals surface area contributed by atoms with E-state index in [4.69, 9.17) is 9.15 Å². The lowest BCUT2D eigenvalue weighted by molar-refractivity contribution is 0.108. The molecule has 0 spiro atoms. The molecule has 92 valence electrons. The zero-order chi connectivity index (χ0) is 12.5. The fourth-order valence-corrected chi connectivity index (χ4v) is 2.31. The third-order valence-corrected chi connectivity index (χ3v) is 3.18. The number of aliphatic hydroxyl groups is 1. The van der Waals surface area contributed by atoms with Gasteiger partial charge in [-0.3, -0.25) is 4.79 Å². The van der Waals surface area contributed by atoms with Crippen LogP contribution in [0, 0.1) is 0 Å². The van der Waals surface area contributed by atoms with E-state index in [2.05, 4.69) is 0 Å². The lowest BCUT2D eigenvalue weighted by Crippen LogP contribution is -2.12. The van der Waals surface area contributed by atoms with Gasteiger partial charge in [0, 0.05) is 5.56 Å². The van der Waals surface area contributed by atoms with E-state index in [1.807, 2.05) is 24.3 Å². The quantitative estimate of drug-likeness (QED) is 0.841. The molecule has 4 nitrogen and oxygen atoms in total. The molecule has 1 aromatic heterocycles. The van der Waals surface area contributed by atoms with Crippen molar-refractivity contribution in [1.82, 2.24) is 0 Å². The molecule has 3 rings (SSSR count). The highest BCUT2D eigenvalue weighted by Gasteiger charge is 2.36. The van der Waals surface area contributed by atoms with Crippen LogP contribution in [0.4, 0.5) is 0 Å². The molecule has 1 aliphatic rings. The predicted octanol–water partition coefficient (Wildman–Crippen LogP) is 2.30. The normalized spacial score (nSPS) is 21.4. The number of para-hydroxylation sites is 1. The first-order valence-corrected chi connectivity index (χ1v) is 5.75. The molecule has 2 unspecified atom stereocenters. The minimum atomic E-state index is -0.374. The fourth-order valence-electron chi connectivity index (χ4n) is 2.31. The topological polar surface area (TPSA) is 59.7 Å². The van der Waals surface area contributed by atoms with Crippen LogP contribution in [0.25, 0.3) is 0 Å². The van der Waals surface area contributed by atoms with Crippen LogP contribution in [0.5, 0.6) is 5.75 Å². The number of furan rings is 1. The molecule has 2 aromatic rings. The maximum atomic E-state index is 10.6. The highest BCUT2D eigenvalue weighted by atomic mass is 16.5. The monoisotopic (exact) mass is 244 g/mol. The molecule has 0 fully saturated rings. The first-order chi connectivity index (χ1) is 8.83. The first kappa shape index (κ1) is 11.0. The Labute approximate surface area is 104 Å². The summed E-state index contributed by atoms with van der Waals surface area (Å²) in [5, 5.41) is 9.52. The van der Waals surface area contributed by atoms with E-state index in [0.717, 1.165) is 11.3 Å². The van der Waals surface area contributed by atoms with Crippen molar-refractivity contribution >= 4 is 6.29 Å². The predicted molar refractivity (Wildman–Crippen MR) is 63.7 cm³/mol. The van der Waals surface area contributed by atoms with Crippen molar-refractivity contribution in [2.24, 2.45) is 0 Å². The van der Waals surface area contributed by atoms with Gasteiger partial charge in [-0.15, -0.1) is 0 Å². The van der Waals surface area contributed by atoms with Crippen molar-refractivity contribution < 1.29 is 19.1 Å². The Morgan fingerprint density at radius 2 is 2.06 bits per heavy atom. The number of benzene rings is 1. The van der Waals surface area contributed by atoms with Gasteiger partial charge in [-0.2, -0.15) is 0 Å². The van der Waals surface area contributed by atoms with Crippen molar-refractivity contribution in [2.45, 2.75) is 12.0 Å². The molecule has 0 saturated heterocycles. The van der Waals surface area contributed by atoms with Gasteiger partial charge in [0.2, 0.25) is 0 Å². The summed E-state index contributed by atoms with van der Waals surface area (Å²) in [7, 11) is 0. The van der Waals surface area contributed by atoms with Crippen molar-refractivity contribution in [3.63, 3.8) is 0 Å². The summed E-state index contributed by atoms with van der Waals surface area (Å²) >= 11 is 0. The van der Waals surface area contributed by atoms with Crippen molar-refractivity contribution in [3.8, 4) is 5.75 Å². The van der Waals surface area contributed by atoms with Crippen LogP contribution >= 0.6 is 0 Å². The Morgan fingerprint density at radius 3 is 2.78 bits per heavy atom. The van der Waals surface area contributed by atoms with E-state index in [0.29, 0.717) is 12.0 Å². The standard InChI is InChI=1S/C14H12O4/c15-7-9-5-6-13(17-9)14-11(8-16)10-3-1-2-4-12(10)18-14/h1-7,11,14,16H,8H2. The Morgan fingerprint density at radius 1 is 1.22 bits per heavy atom. The van der Waals surface area contributed by atoms with Crippen LogP contribution in [-0.4, -0.2) is 18.0 Å². The molecule has 2 atom stereocenters. The Bertz CT molecular complexity index is 573. The molecule has 1 N–H and O–H groups in total. The zero-order valence-corrected chi connectivity index (χ0v) is 9.58. The molecule has 4 heteroatoms. The summed E-state index contributed by atoms with van der Waals surface area (Å²) in [5.74, 6) is 1.42. The van der Waals surface area contributed by atoms with Gasteiger partial charge < -0.3 is 14.3 Å². The minimum absolute atomic E-state index is 0.0290.